The minimum atomic E-state index is -0.549. The molecule has 2 heterocycles. The van der Waals surface area contributed by atoms with Gasteiger partial charge in [-0.25, -0.2) is 4.98 Å². The Bertz CT molecular complexity index is 1890. The molecule has 4 rings (SSSR count). The lowest BCUT2D eigenvalue weighted by atomic mass is 10.0. The molecule has 0 aliphatic heterocycles. The van der Waals surface area contributed by atoms with Crippen LogP contribution in [0.25, 0.3) is 11.3 Å². The monoisotopic (exact) mass is 652 g/mol. The standard InChI is InChI=1S/C34H40N10O4/c1-5-20(4)42-32(46)24-12-23(13-25(35)14-24)28-17-40-31(41-19(2)3)34(48)44(28)18-29(45)39-16-22-7-6-21(30(36)37)15-27(22)33(47)43-26-8-10-38-11-9-26/h6-15,17,19-20H,5,16,18,35H2,1-4H3,(H3,36,37)(H,39,45)(H,40,41)(H,42,46)(H,38,43,47)/t20-/m1/s1. The molecule has 3 amide bonds. The predicted octanol–water partition coefficient (Wildman–Crippen LogP) is 3.09. The van der Waals surface area contributed by atoms with E-state index in [-0.39, 0.29) is 47.4 Å². The zero-order valence-corrected chi connectivity index (χ0v) is 27.3. The van der Waals surface area contributed by atoms with Crippen LogP contribution in [0.4, 0.5) is 17.2 Å². The van der Waals surface area contributed by atoms with Gasteiger partial charge in [-0.15, -0.1) is 0 Å². The number of carbonyl (C=O) groups is 3. The Labute approximate surface area is 277 Å². The van der Waals surface area contributed by atoms with Crippen LogP contribution in [0.1, 0.15) is 66.0 Å². The van der Waals surface area contributed by atoms with Crippen LogP contribution in [0.5, 0.6) is 0 Å². The Balaban J connectivity index is 1.65. The Kier molecular flexibility index (Phi) is 11.2. The number of nitrogens with zero attached hydrogens (tertiary/aromatic N) is 3. The Morgan fingerprint density at radius 1 is 0.979 bits per heavy atom. The fourth-order valence-corrected chi connectivity index (χ4v) is 4.72. The number of amides is 3. The van der Waals surface area contributed by atoms with Gasteiger partial charge in [0.1, 0.15) is 12.4 Å². The molecule has 9 N–H and O–H groups in total. The van der Waals surface area contributed by atoms with Crippen LogP contribution in [-0.4, -0.2) is 50.2 Å². The molecule has 4 aromatic rings. The van der Waals surface area contributed by atoms with Crippen LogP contribution in [0, 0.1) is 5.41 Å². The largest absolute Gasteiger partial charge is 0.399 e. The highest BCUT2D eigenvalue weighted by Gasteiger charge is 2.19. The number of anilines is 3. The number of amidine groups is 1. The second-order valence-corrected chi connectivity index (χ2v) is 11.6. The third-order valence-electron chi connectivity index (χ3n) is 7.36. The molecule has 0 unspecified atom stereocenters. The van der Waals surface area contributed by atoms with E-state index >= 15 is 0 Å². The van der Waals surface area contributed by atoms with Gasteiger partial charge in [0.15, 0.2) is 5.82 Å². The van der Waals surface area contributed by atoms with Gasteiger partial charge in [0.05, 0.1) is 11.9 Å². The summed E-state index contributed by atoms with van der Waals surface area (Å²) in [5.74, 6) is -1.50. The van der Waals surface area contributed by atoms with Crippen LogP contribution < -0.4 is 38.3 Å². The molecule has 14 heteroatoms. The van der Waals surface area contributed by atoms with Crippen molar-refractivity contribution in [3.05, 3.63) is 99.7 Å². The van der Waals surface area contributed by atoms with E-state index in [0.717, 1.165) is 6.42 Å². The van der Waals surface area contributed by atoms with Gasteiger partial charge >= 0.3 is 0 Å². The number of nitrogens with two attached hydrogens (primary N) is 2. The molecule has 2 aromatic carbocycles. The van der Waals surface area contributed by atoms with E-state index in [0.29, 0.717) is 33.6 Å². The van der Waals surface area contributed by atoms with Gasteiger partial charge < -0.3 is 32.7 Å². The summed E-state index contributed by atoms with van der Waals surface area (Å²) in [6, 6.07) is 12.5. The molecule has 0 fully saturated rings. The molecule has 0 radical (unpaired) electrons. The number of carbonyl (C=O) groups excluding carboxylic acids is 3. The van der Waals surface area contributed by atoms with E-state index in [1.807, 2.05) is 27.7 Å². The zero-order valence-electron chi connectivity index (χ0n) is 27.3. The number of hydrogen-bond acceptors (Lipinski definition) is 9. The molecule has 14 nitrogen and oxygen atoms in total. The molecule has 0 aliphatic rings. The number of nitrogen functional groups attached to an aromatic ring is 2. The summed E-state index contributed by atoms with van der Waals surface area (Å²) in [4.78, 5) is 61.5. The summed E-state index contributed by atoms with van der Waals surface area (Å²) < 4.78 is 1.26. The van der Waals surface area contributed by atoms with E-state index in [9.17, 15) is 19.2 Å². The average Bonchev–Trinajstić information content (AvgIpc) is 3.05. The lowest BCUT2D eigenvalue weighted by Gasteiger charge is -2.18. The summed E-state index contributed by atoms with van der Waals surface area (Å²) in [5, 5.41) is 19.3. The van der Waals surface area contributed by atoms with Gasteiger partial charge in [-0.2, -0.15) is 0 Å². The van der Waals surface area contributed by atoms with Crippen molar-refractivity contribution in [3.8, 4) is 11.3 Å². The summed E-state index contributed by atoms with van der Waals surface area (Å²) in [7, 11) is 0. The Hall–Kier alpha value is -6.05. The first-order valence-corrected chi connectivity index (χ1v) is 15.4. The maximum atomic E-state index is 13.7. The zero-order chi connectivity index (χ0) is 35.0. The molecule has 1 atom stereocenters. The van der Waals surface area contributed by atoms with Crippen molar-refractivity contribution in [1.29, 1.82) is 5.41 Å². The summed E-state index contributed by atoms with van der Waals surface area (Å²) >= 11 is 0. The second-order valence-electron chi connectivity index (χ2n) is 11.6. The number of nitrogens with one attached hydrogen (secondary N) is 5. The van der Waals surface area contributed by atoms with E-state index < -0.39 is 23.9 Å². The minimum absolute atomic E-state index is 0.0510. The second kappa shape index (κ2) is 15.5. The normalized spacial score (nSPS) is 11.4. The highest BCUT2D eigenvalue weighted by molar-refractivity contribution is 6.07. The SMILES string of the molecule is CC[C@@H](C)NC(=O)c1cc(N)cc(-c2cnc(NC(C)C)c(=O)n2CC(=O)NCc2ccc(C(=N)N)cc2C(=O)Nc2ccncc2)c1. The van der Waals surface area contributed by atoms with Gasteiger partial charge in [-0.3, -0.25) is 34.1 Å². The minimum Gasteiger partial charge on any atom is -0.399 e. The third-order valence-corrected chi connectivity index (χ3v) is 7.36. The first-order valence-electron chi connectivity index (χ1n) is 15.4. The van der Waals surface area contributed by atoms with E-state index in [4.69, 9.17) is 16.9 Å². The molecule has 0 saturated heterocycles. The molecule has 0 spiro atoms. The van der Waals surface area contributed by atoms with Gasteiger partial charge in [-0.1, -0.05) is 19.1 Å². The molecular formula is C34H40N10O4. The predicted molar refractivity (Wildman–Crippen MR) is 186 cm³/mol. The highest BCUT2D eigenvalue weighted by Crippen LogP contribution is 2.24. The molecule has 0 bridgehead atoms. The highest BCUT2D eigenvalue weighted by atomic mass is 16.2. The molecule has 250 valence electrons. The van der Waals surface area contributed by atoms with Gasteiger partial charge in [0.25, 0.3) is 17.4 Å². The van der Waals surface area contributed by atoms with Crippen molar-refractivity contribution in [3.63, 3.8) is 0 Å². The molecular weight excluding hydrogens is 612 g/mol. The first kappa shape index (κ1) is 34.8. The van der Waals surface area contributed by atoms with Crippen molar-refractivity contribution < 1.29 is 14.4 Å². The van der Waals surface area contributed by atoms with Crippen molar-refractivity contribution in [2.75, 3.05) is 16.4 Å². The lowest BCUT2D eigenvalue weighted by Crippen LogP contribution is -2.35. The Morgan fingerprint density at radius 2 is 1.71 bits per heavy atom. The molecule has 48 heavy (non-hydrogen) atoms. The van der Waals surface area contributed by atoms with Gasteiger partial charge in [0.2, 0.25) is 5.91 Å². The first-order chi connectivity index (χ1) is 22.9. The fraction of sp³-hybridized carbons (Fsp3) is 0.265. The maximum Gasteiger partial charge on any atom is 0.294 e. The number of aromatic nitrogens is 3. The number of benzene rings is 2. The van der Waals surface area contributed by atoms with Crippen LogP contribution in [0.3, 0.4) is 0 Å². The smallest absolute Gasteiger partial charge is 0.294 e. The number of pyridine rings is 1. The third kappa shape index (κ3) is 8.81. The summed E-state index contributed by atoms with van der Waals surface area (Å²) in [5.41, 5.74) is 14.1. The maximum absolute atomic E-state index is 13.7. The van der Waals surface area contributed by atoms with E-state index in [1.54, 1.807) is 36.4 Å². The fourth-order valence-electron chi connectivity index (χ4n) is 4.72. The Morgan fingerprint density at radius 3 is 2.38 bits per heavy atom. The molecule has 0 saturated carbocycles. The quantitative estimate of drug-likeness (QED) is 0.0639. The molecule has 2 aromatic heterocycles. The van der Waals surface area contributed by atoms with Crippen LogP contribution in [0.15, 0.2) is 71.9 Å². The molecule has 0 aliphatic carbocycles. The summed E-state index contributed by atoms with van der Waals surface area (Å²) in [6.07, 6.45) is 5.26. The van der Waals surface area contributed by atoms with E-state index in [1.165, 1.54) is 35.3 Å². The van der Waals surface area contributed by atoms with Gasteiger partial charge in [-0.05, 0) is 69.2 Å². The topological polar surface area (TPSA) is 223 Å². The van der Waals surface area contributed by atoms with Crippen molar-refractivity contribution >= 4 is 40.7 Å². The van der Waals surface area contributed by atoms with Crippen LogP contribution in [-0.2, 0) is 17.9 Å². The van der Waals surface area contributed by atoms with Crippen molar-refractivity contribution in [1.82, 2.24) is 25.2 Å². The number of rotatable bonds is 13. The van der Waals surface area contributed by atoms with Crippen LogP contribution in [0.2, 0.25) is 0 Å². The van der Waals surface area contributed by atoms with Gasteiger partial charge in [0, 0.05) is 64.7 Å². The average molecular weight is 653 g/mol. The summed E-state index contributed by atoms with van der Waals surface area (Å²) in [6.45, 7) is 7.08. The van der Waals surface area contributed by atoms with Crippen molar-refractivity contribution in [2.24, 2.45) is 5.73 Å². The van der Waals surface area contributed by atoms with Crippen molar-refractivity contribution in [2.45, 2.75) is 59.3 Å². The lowest BCUT2D eigenvalue weighted by molar-refractivity contribution is -0.121. The van der Waals surface area contributed by atoms with E-state index in [2.05, 4.69) is 31.2 Å². The van der Waals surface area contributed by atoms with Crippen LogP contribution >= 0.6 is 0 Å². The number of hydrogen-bond donors (Lipinski definition) is 7.